The highest BCUT2D eigenvalue weighted by molar-refractivity contribution is 7.10. The molecule has 4 heterocycles. The molecule has 28 heavy (non-hydrogen) atoms. The van der Waals surface area contributed by atoms with Crippen LogP contribution in [0.15, 0.2) is 9.90 Å². The Balaban J connectivity index is 1.38. The first kappa shape index (κ1) is 19.6. The van der Waals surface area contributed by atoms with Crippen LogP contribution in [0, 0.1) is 13.8 Å². The third-order valence-corrected chi connectivity index (χ3v) is 6.99. The number of nitrogens with zero attached hydrogens (tertiary/aromatic N) is 3. The van der Waals surface area contributed by atoms with Gasteiger partial charge in [-0.05, 0) is 45.2 Å². The Morgan fingerprint density at radius 2 is 2.21 bits per heavy atom. The maximum absolute atomic E-state index is 12.9. The van der Waals surface area contributed by atoms with E-state index < -0.39 is 0 Å². The van der Waals surface area contributed by atoms with E-state index in [2.05, 4.69) is 32.6 Å². The van der Waals surface area contributed by atoms with Crippen LogP contribution in [0.25, 0.3) is 0 Å². The molecule has 1 saturated heterocycles. The highest BCUT2D eigenvalue weighted by Gasteiger charge is 2.28. The fraction of sp³-hybridized carbons (Fsp3) is 0.619. The number of aryl methyl sites for hydroxylation is 2. The summed E-state index contributed by atoms with van der Waals surface area (Å²) in [5.74, 6) is 1.02. The number of fused-ring (bicyclic) bond motifs is 1. The zero-order valence-corrected chi connectivity index (χ0v) is 17.9. The summed E-state index contributed by atoms with van der Waals surface area (Å²) in [5, 5.41) is 9.39. The van der Waals surface area contributed by atoms with E-state index in [0.29, 0.717) is 0 Å². The van der Waals surface area contributed by atoms with Gasteiger partial charge in [-0.25, -0.2) is 0 Å². The number of hydrogen-bond acceptors (Lipinski definition) is 6. The van der Waals surface area contributed by atoms with Gasteiger partial charge in [-0.1, -0.05) is 12.1 Å². The van der Waals surface area contributed by atoms with E-state index in [4.69, 9.17) is 4.52 Å². The number of hydrogen-bond donors (Lipinski definition) is 1. The summed E-state index contributed by atoms with van der Waals surface area (Å²) in [7, 11) is 0. The molecule has 1 N–H and O–H groups in total. The van der Waals surface area contributed by atoms with Gasteiger partial charge in [0.1, 0.15) is 5.76 Å². The maximum atomic E-state index is 12.9. The fourth-order valence-electron chi connectivity index (χ4n) is 4.39. The van der Waals surface area contributed by atoms with Gasteiger partial charge < -0.3 is 14.7 Å². The molecule has 1 atom stereocenters. The zero-order valence-electron chi connectivity index (χ0n) is 17.1. The number of nitrogens with one attached hydrogen (secondary N) is 1. The van der Waals surface area contributed by atoms with Gasteiger partial charge in [0.2, 0.25) is 0 Å². The average Bonchev–Trinajstić information content (AvgIpc) is 3.37. The Kier molecular flexibility index (Phi) is 5.85. The highest BCUT2D eigenvalue weighted by Crippen LogP contribution is 2.30. The number of rotatable bonds is 6. The number of carbonyl (C=O) groups is 1. The maximum Gasteiger partial charge on any atom is 0.252 e. The lowest BCUT2D eigenvalue weighted by molar-refractivity contribution is 0.0936. The van der Waals surface area contributed by atoms with Crippen molar-refractivity contribution in [3.05, 3.63) is 38.4 Å². The lowest BCUT2D eigenvalue weighted by Crippen LogP contribution is -2.38. The van der Waals surface area contributed by atoms with Gasteiger partial charge in [0.15, 0.2) is 0 Å². The van der Waals surface area contributed by atoms with Crippen molar-refractivity contribution < 1.29 is 9.32 Å². The minimum Gasteiger partial charge on any atom is -0.361 e. The number of likely N-dealkylation sites (tertiary alicyclic amines) is 1. The van der Waals surface area contributed by atoms with E-state index in [1.807, 2.05) is 13.8 Å². The van der Waals surface area contributed by atoms with E-state index in [1.165, 1.54) is 22.4 Å². The summed E-state index contributed by atoms with van der Waals surface area (Å²) in [6.45, 7) is 12.1. The van der Waals surface area contributed by atoms with E-state index in [0.717, 1.165) is 69.1 Å². The Morgan fingerprint density at radius 1 is 1.36 bits per heavy atom. The minimum atomic E-state index is 0.111. The number of amides is 1. The molecule has 7 heteroatoms. The largest absolute Gasteiger partial charge is 0.361 e. The predicted molar refractivity (Wildman–Crippen MR) is 111 cm³/mol. The molecule has 0 unspecified atom stereocenters. The summed E-state index contributed by atoms with van der Waals surface area (Å²) < 4.78 is 5.30. The van der Waals surface area contributed by atoms with E-state index >= 15 is 0 Å². The molecule has 0 saturated carbocycles. The van der Waals surface area contributed by atoms with Crippen LogP contribution in [0.3, 0.4) is 0 Å². The van der Waals surface area contributed by atoms with Crippen LogP contribution in [-0.2, 0) is 19.5 Å². The average molecular weight is 403 g/mol. The quantitative estimate of drug-likeness (QED) is 0.804. The molecule has 6 nitrogen and oxygen atoms in total. The second-order valence-corrected chi connectivity index (χ2v) is 9.04. The molecule has 0 radical (unpaired) electrons. The number of thiophene rings is 1. The Labute approximate surface area is 170 Å². The summed E-state index contributed by atoms with van der Waals surface area (Å²) in [6.07, 6.45) is 3.16. The van der Waals surface area contributed by atoms with Crippen molar-refractivity contribution in [2.45, 2.75) is 59.2 Å². The van der Waals surface area contributed by atoms with Crippen molar-refractivity contribution in [3.8, 4) is 0 Å². The van der Waals surface area contributed by atoms with Crippen LogP contribution in [0.4, 0.5) is 0 Å². The summed E-state index contributed by atoms with van der Waals surface area (Å²) in [4.78, 5) is 19.1. The first-order valence-corrected chi connectivity index (χ1v) is 11.2. The summed E-state index contributed by atoms with van der Waals surface area (Å²) in [5.41, 5.74) is 4.31. The topological polar surface area (TPSA) is 61.6 Å². The Morgan fingerprint density at radius 3 is 2.96 bits per heavy atom. The van der Waals surface area contributed by atoms with Gasteiger partial charge in [-0.2, -0.15) is 0 Å². The summed E-state index contributed by atoms with van der Waals surface area (Å²) >= 11 is 1.72. The van der Waals surface area contributed by atoms with Crippen LogP contribution in [0.1, 0.15) is 57.6 Å². The summed E-state index contributed by atoms with van der Waals surface area (Å²) in [6, 6.07) is 0.286. The lowest BCUT2D eigenvalue weighted by atomic mass is 10.0. The molecular formula is C21H30N4O2S. The second kappa shape index (κ2) is 8.35. The standard InChI is InChI=1S/C21H30N4O2S/c1-4-7-24-8-5-16(10-24)22-21(26)19-13-28-20-12-25(9-6-17(19)20)11-18-14(2)23-27-15(18)3/h13,16H,4-12H2,1-3H3,(H,22,26)/t16-/m0/s1. The molecule has 2 aromatic rings. The third-order valence-electron chi connectivity index (χ3n) is 5.98. The number of aromatic nitrogens is 1. The van der Waals surface area contributed by atoms with Crippen LogP contribution in [0.5, 0.6) is 0 Å². The first-order chi connectivity index (χ1) is 13.5. The molecule has 0 aromatic carbocycles. The molecule has 1 amide bonds. The first-order valence-electron chi connectivity index (χ1n) is 10.3. The van der Waals surface area contributed by atoms with Gasteiger partial charge in [-0.3, -0.25) is 9.69 Å². The molecule has 1 fully saturated rings. The zero-order chi connectivity index (χ0) is 19.7. The van der Waals surface area contributed by atoms with Gasteiger partial charge in [0, 0.05) is 54.6 Å². The molecule has 2 aromatic heterocycles. The van der Waals surface area contributed by atoms with Gasteiger partial charge in [-0.15, -0.1) is 11.3 Å². The van der Waals surface area contributed by atoms with E-state index in [1.54, 1.807) is 11.3 Å². The van der Waals surface area contributed by atoms with Crippen LogP contribution < -0.4 is 5.32 Å². The van der Waals surface area contributed by atoms with Crippen molar-refractivity contribution >= 4 is 17.2 Å². The lowest BCUT2D eigenvalue weighted by Gasteiger charge is -2.27. The van der Waals surface area contributed by atoms with Crippen LogP contribution in [-0.4, -0.2) is 53.1 Å². The third kappa shape index (κ3) is 4.02. The molecule has 152 valence electrons. The van der Waals surface area contributed by atoms with E-state index in [-0.39, 0.29) is 11.9 Å². The Hall–Kier alpha value is -1.70. The van der Waals surface area contributed by atoms with Gasteiger partial charge >= 0.3 is 0 Å². The molecule has 4 rings (SSSR count). The fourth-order valence-corrected chi connectivity index (χ4v) is 5.51. The smallest absolute Gasteiger partial charge is 0.252 e. The molecule has 2 aliphatic heterocycles. The van der Waals surface area contributed by atoms with Crippen molar-refractivity contribution in [1.82, 2.24) is 20.3 Å². The molecular weight excluding hydrogens is 372 g/mol. The molecule has 0 bridgehead atoms. The monoisotopic (exact) mass is 402 g/mol. The molecule has 0 spiro atoms. The van der Waals surface area contributed by atoms with Crippen LogP contribution >= 0.6 is 11.3 Å². The van der Waals surface area contributed by atoms with Crippen molar-refractivity contribution in [1.29, 1.82) is 0 Å². The minimum absolute atomic E-state index is 0.111. The highest BCUT2D eigenvalue weighted by atomic mass is 32.1. The normalized spacial score (nSPS) is 20.5. The van der Waals surface area contributed by atoms with Crippen LogP contribution in [0.2, 0.25) is 0 Å². The SMILES string of the molecule is CCCN1CC[C@H](NC(=O)c2csc3c2CCN(Cc2c(C)noc2C)C3)C1. The molecule has 0 aliphatic carbocycles. The van der Waals surface area contributed by atoms with Crippen molar-refractivity contribution in [2.24, 2.45) is 0 Å². The van der Waals surface area contributed by atoms with Crippen molar-refractivity contribution in [3.63, 3.8) is 0 Å². The molecule has 2 aliphatic rings. The predicted octanol–water partition coefficient (Wildman–Crippen LogP) is 3.13. The van der Waals surface area contributed by atoms with Crippen molar-refractivity contribution in [2.75, 3.05) is 26.2 Å². The second-order valence-electron chi connectivity index (χ2n) is 8.07. The van der Waals surface area contributed by atoms with Gasteiger partial charge in [0.25, 0.3) is 5.91 Å². The van der Waals surface area contributed by atoms with E-state index in [9.17, 15) is 4.79 Å². The van der Waals surface area contributed by atoms with Gasteiger partial charge in [0.05, 0.1) is 11.3 Å². The Bertz CT molecular complexity index is 824. The number of carbonyl (C=O) groups excluding carboxylic acids is 1.